The van der Waals surface area contributed by atoms with Gasteiger partial charge in [-0.05, 0) is 20.8 Å². The predicted octanol–water partition coefficient (Wildman–Crippen LogP) is 2.57. The van der Waals surface area contributed by atoms with E-state index in [9.17, 15) is 15.2 Å². The van der Waals surface area contributed by atoms with Gasteiger partial charge in [0.1, 0.15) is 0 Å². The third kappa shape index (κ3) is 4.45. The van der Waals surface area contributed by atoms with Crippen LogP contribution >= 0.6 is 11.3 Å². The second kappa shape index (κ2) is 6.83. The van der Waals surface area contributed by atoms with Gasteiger partial charge in [-0.3, -0.25) is 10.1 Å². The van der Waals surface area contributed by atoms with Crippen LogP contribution in [0.1, 0.15) is 31.8 Å². The highest BCUT2D eigenvalue weighted by atomic mass is 32.1. The van der Waals surface area contributed by atoms with Crippen LogP contribution in [0.4, 0.5) is 10.7 Å². The topological polar surface area (TPSA) is 75.8 Å². The number of anilines is 1. The Morgan fingerprint density at radius 3 is 2.63 bits per heavy atom. The van der Waals surface area contributed by atoms with Crippen molar-refractivity contribution in [3.63, 3.8) is 0 Å². The van der Waals surface area contributed by atoms with E-state index in [-0.39, 0.29) is 11.8 Å². The summed E-state index contributed by atoms with van der Waals surface area (Å²) in [4.78, 5) is 13.0. The molecule has 0 saturated carbocycles. The summed E-state index contributed by atoms with van der Waals surface area (Å²) in [6.45, 7) is 6.56. The van der Waals surface area contributed by atoms with Crippen LogP contribution in [0.25, 0.3) is 0 Å². The zero-order chi connectivity index (χ0) is 14.6. The summed E-state index contributed by atoms with van der Waals surface area (Å²) < 4.78 is 5.43. The van der Waals surface area contributed by atoms with E-state index in [1.54, 1.807) is 18.9 Å². The number of aliphatic hydroxyl groups is 1. The van der Waals surface area contributed by atoms with Crippen molar-refractivity contribution >= 4 is 22.0 Å². The first-order chi connectivity index (χ1) is 8.82. The number of rotatable bonds is 7. The van der Waals surface area contributed by atoms with Crippen molar-refractivity contribution in [2.75, 3.05) is 25.1 Å². The maximum Gasteiger partial charge on any atom is 0.304 e. The maximum atomic E-state index is 11.0. The van der Waals surface area contributed by atoms with Gasteiger partial charge in [-0.2, -0.15) is 0 Å². The van der Waals surface area contributed by atoms with E-state index >= 15 is 0 Å². The Bertz CT molecular complexity index is 431. The van der Waals surface area contributed by atoms with Gasteiger partial charge in [0.05, 0.1) is 23.7 Å². The average Bonchev–Trinajstić information content (AvgIpc) is 2.73. The summed E-state index contributed by atoms with van der Waals surface area (Å²) in [5, 5.41) is 21.1. The summed E-state index contributed by atoms with van der Waals surface area (Å²) in [5.74, 6) is 0. The van der Waals surface area contributed by atoms with Gasteiger partial charge in [0.2, 0.25) is 0 Å². The maximum absolute atomic E-state index is 11.0. The number of ether oxygens (including phenoxy) is 1. The second-order valence-corrected chi connectivity index (χ2v) is 5.68. The monoisotopic (exact) mass is 288 g/mol. The summed E-state index contributed by atoms with van der Waals surface area (Å²) in [7, 11) is 1.79. The van der Waals surface area contributed by atoms with Crippen LogP contribution in [-0.2, 0) is 4.74 Å². The first-order valence-electron chi connectivity index (χ1n) is 6.11. The van der Waals surface area contributed by atoms with Crippen LogP contribution in [0.15, 0.2) is 6.07 Å². The van der Waals surface area contributed by atoms with Gasteiger partial charge in [-0.1, -0.05) is 0 Å². The first-order valence-corrected chi connectivity index (χ1v) is 6.93. The SMILES string of the molecule is CC(C)OCCN(C)c1sc(C(C)O)cc1[N+](=O)[O-]. The van der Waals surface area contributed by atoms with Gasteiger partial charge < -0.3 is 14.7 Å². The minimum atomic E-state index is -0.697. The van der Waals surface area contributed by atoms with E-state index < -0.39 is 11.0 Å². The number of nitrogens with zero attached hydrogens (tertiary/aromatic N) is 2. The van der Waals surface area contributed by atoms with Crippen molar-refractivity contribution in [1.82, 2.24) is 0 Å². The van der Waals surface area contributed by atoms with E-state index in [0.29, 0.717) is 23.0 Å². The molecule has 1 heterocycles. The third-order valence-corrected chi connectivity index (χ3v) is 3.95. The largest absolute Gasteiger partial charge is 0.388 e. The van der Waals surface area contributed by atoms with Gasteiger partial charge >= 0.3 is 5.69 Å². The lowest BCUT2D eigenvalue weighted by molar-refractivity contribution is -0.383. The molecule has 19 heavy (non-hydrogen) atoms. The van der Waals surface area contributed by atoms with Crippen molar-refractivity contribution in [3.8, 4) is 0 Å². The quantitative estimate of drug-likeness (QED) is 0.616. The fraction of sp³-hybridized carbons (Fsp3) is 0.667. The molecule has 0 saturated heterocycles. The molecule has 0 aliphatic rings. The highest BCUT2D eigenvalue weighted by Crippen LogP contribution is 2.39. The third-order valence-electron chi connectivity index (χ3n) is 2.55. The van der Waals surface area contributed by atoms with Crippen molar-refractivity contribution in [2.45, 2.75) is 33.0 Å². The lowest BCUT2D eigenvalue weighted by Gasteiger charge is -2.17. The molecule has 0 aliphatic carbocycles. The molecule has 1 aromatic rings. The molecule has 1 atom stereocenters. The van der Waals surface area contributed by atoms with Crippen molar-refractivity contribution < 1.29 is 14.8 Å². The molecule has 0 aliphatic heterocycles. The molecule has 0 aromatic carbocycles. The van der Waals surface area contributed by atoms with Gasteiger partial charge in [0.15, 0.2) is 5.00 Å². The number of hydrogen-bond donors (Lipinski definition) is 1. The van der Waals surface area contributed by atoms with E-state index in [1.807, 2.05) is 13.8 Å². The molecular weight excluding hydrogens is 268 g/mol. The molecule has 0 spiro atoms. The average molecular weight is 288 g/mol. The smallest absolute Gasteiger partial charge is 0.304 e. The number of thiophene rings is 1. The Kier molecular flexibility index (Phi) is 5.71. The number of aliphatic hydroxyl groups excluding tert-OH is 1. The van der Waals surface area contributed by atoms with E-state index in [1.165, 1.54) is 17.4 Å². The Hall–Kier alpha value is -1.18. The Morgan fingerprint density at radius 1 is 1.53 bits per heavy atom. The molecule has 0 amide bonds. The van der Waals surface area contributed by atoms with Gasteiger partial charge in [-0.15, -0.1) is 11.3 Å². The fourth-order valence-electron chi connectivity index (χ4n) is 1.53. The minimum Gasteiger partial charge on any atom is -0.388 e. The molecule has 0 bridgehead atoms. The van der Waals surface area contributed by atoms with E-state index in [4.69, 9.17) is 4.74 Å². The van der Waals surface area contributed by atoms with Gasteiger partial charge in [-0.25, -0.2) is 0 Å². The summed E-state index contributed by atoms with van der Waals surface area (Å²) in [6.07, 6.45) is -0.558. The van der Waals surface area contributed by atoms with Crippen LogP contribution in [0.5, 0.6) is 0 Å². The van der Waals surface area contributed by atoms with E-state index in [2.05, 4.69) is 0 Å². The molecule has 1 unspecified atom stereocenters. The lowest BCUT2D eigenvalue weighted by atomic mass is 10.3. The standard InChI is InChI=1S/C12H20N2O4S/c1-8(2)18-6-5-13(4)12-10(14(16)17)7-11(19-12)9(3)15/h7-9,15H,5-6H2,1-4H3. The van der Waals surface area contributed by atoms with Gasteiger partial charge in [0, 0.05) is 24.5 Å². The van der Waals surface area contributed by atoms with Crippen molar-refractivity contribution in [3.05, 3.63) is 21.1 Å². The van der Waals surface area contributed by atoms with Crippen LogP contribution in [-0.4, -0.2) is 36.3 Å². The number of nitro groups is 1. The molecule has 0 radical (unpaired) electrons. The Labute approximate surface area is 116 Å². The van der Waals surface area contributed by atoms with Crippen LogP contribution < -0.4 is 4.90 Å². The lowest BCUT2D eigenvalue weighted by Crippen LogP contribution is -2.23. The number of hydrogen-bond acceptors (Lipinski definition) is 6. The summed E-state index contributed by atoms with van der Waals surface area (Å²) >= 11 is 1.24. The molecule has 1 N–H and O–H groups in total. The first kappa shape index (κ1) is 15.9. The highest BCUT2D eigenvalue weighted by Gasteiger charge is 2.23. The number of likely N-dealkylation sites (N-methyl/N-ethyl adjacent to an activating group) is 1. The van der Waals surface area contributed by atoms with Crippen molar-refractivity contribution in [1.29, 1.82) is 0 Å². The summed E-state index contributed by atoms with van der Waals surface area (Å²) in [6, 6.07) is 1.43. The molecular formula is C12H20N2O4S. The highest BCUT2D eigenvalue weighted by molar-refractivity contribution is 7.16. The second-order valence-electron chi connectivity index (χ2n) is 4.61. The van der Waals surface area contributed by atoms with E-state index in [0.717, 1.165) is 0 Å². The molecule has 6 nitrogen and oxygen atoms in total. The zero-order valence-electron chi connectivity index (χ0n) is 11.6. The van der Waals surface area contributed by atoms with Crippen molar-refractivity contribution in [2.24, 2.45) is 0 Å². The van der Waals surface area contributed by atoms with Crippen LogP contribution in [0, 0.1) is 10.1 Å². The molecule has 1 rings (SSSR count). The molecule has 1 aromatic heterocycles. The van der Waals surface area contributed by atoms with Crippen LogP contribution in [0.2, 0.25) is 0 Å². The Balaban J connectivity index is 2.82. The molecule has 7 heteroatoms. The van der Waals surface area contributed by atoms with Gasteiger partial charge in [0.25, 0.3) is 0 Å². The summed E-state index contributed by atoms with van der Waals surface area (Å²) in [5.41, 5.74) is 0.0351. The predicted molar refractivity (Wildman–Crippen MR) is 76.0 cm³/mol. The zero-order valence-corrected chi connectivity index (χ0v) is 12.4. The van der Waals surface area contributed by atoms with Crippen LogP contribution in [0.3, 0.4) is 0 Å². The minimum absolute atomic E-state index is 0.0351. The molecule has 108 valence electrons. The fourth-order valence-corrected chi connectivity index (χ4v) is 2.58. The molecule has 0 fully saturated rings. The normalized spacial score (nSPS) is 12.7. The Morgan fingerprint density at radius 2 is 2.16 bits per heavy atom.